The molecule has 0 radical (unpaired) electrons. The van der Waals surface area contributed by atoms with Crippen molar-refractivity contribution in [1.82, 2.24) is 24.9 Å². The van der Waals surface area contributed by atoms with Crippen LogP contribution in [-0.4, -0.2) is 24.9 Å². The summed E-state index contributed by atoms with van der Waals surface area (Å²) in [5, 5.41) is 3.56. The Bertz CT molecular complexity index is 2560. The highest BCUT2D eigenvalue weighted by atomic mass is 32.1. The van der Waals surface area contributed by atoms with Crippen LogP contribution in [-0.2, 0) is 0 Å². The van der Waals surface area contributed by atoms with Gasteiger partial charge >= 0.3 is 0 Å². The summed E-state index contributed by atoms with van der Waals surface area (Å²) in [6.07, 6.45) is 3.69. The summed E-state index contributed by atoms with van der Waals surface area (Å²) in [5.41, 5.74) is 7.87. The first-order valence-electron chi connectivity index (χ1n) is 15.4. The molecule has 0 N–H and O–H groups in total. The first-order chi connectivity index (χ1) is 23.3. The Labute approximate surface area is 275 Å². The molecule has 0 aliphatic carbocycles. The van der Waals surface area contributed by atoms with Crippen molar-refractivity contribution in [2.45, 2.75) is 0 Å². The lowest BCUT2D eigenvalue weighted by molar-refractivity contribution is 1.07. The number of hydrogen-bond acceptors (Lipinski definition) is 6. The first kappa shape index (κ1) is 27.2. The van der Waals surface area contributed by atoms with Gasteiger partial charge in [0.1, 0.15) is 0 Å². The standard InChI is InChI=1S/C41H25N5S/c1-3-10-26(11-4-1)27-18-20-29(21-19-27)40-44-39(28-12-5-2-6-13-28)45-41(46-40)31-15-9-14-30(24-31)37-38-36(32-22-23-42-25-34(32)43-37)33-16-7-8-17-35(33)47-38/h1-25H. The van der Waals surface area contributed by atoms with E-state index in [-0.39, 0.29) is 0 Å². The van der Waals surface area contributed by atoms with Gasteiger partial charge in [-0.3, -0.25) is 4.98 Å². The van der Waals surface area contributed by atoms with Crippen LogP contribution in [0.2, 0.25) is 0 Å². The van der Waals surface area contributed by atoms with Crippen molar-refractivity contribution in [2.24, 2.45) is 0 Å². The summed E-state index contributed by atoms with van der Waals surface area (Å²) >= 11 is 1.77. The van der Waals surface area contributed by atoms with Crippen LogP contribution < -0.4 is 0 Å². The van der Waals surface area contributed by atoms with Crippen molar-refractivity contribution in [2.75, 3.05) is 0 Å². The number of aromatic nitrogens is 5. The van der Waals surface area contributed by atoms with E-state index in [0.29, 0.717) is 17.5 Å². The van der Waals surface area contributed by atoms with Crippen LogP contribution in [0.3, 0.4) is 0 Å². The van der Waals surface area contributed by atoms with Crippen LogP contribution in [0.4, 0.5) is 0 Å². The van der Waals surface area contributed by atoms with Crippen LogP contribution in [0.1, 0.15) is 0 Å². The van der Waals surface area contributed by atoms with Gasteiger partial charge in [0.05, 0.1) is 22.1 Å². The van der Waals surface area contributed by atoms with Gasteiger partial charge in [0.25, 0.3) is 0 Å². The molecule has 0 saturated heterocycles. The Balaban J connectivity index is 1.20. The maximum Gasteiger partial charge on any atom is 0.164 e. The molecular weight excluding hydrogens is 595 g/mol. The van der Waals surface area contributed by atoms with Crippen molar-refractivity contribution in [3.05, 3.63) is 152 Å². The van der Waals surface area contributed by atoms with E-state index in [1.54, 1.807) is 11.3 Å². The molecule has 220 valence electrons. The van der Waals surface area contributed by atoms with Crippen LogP contribution in [0, 0.1) is 0 Å². The Kier molecular flexibility index (Phi) is 6.58. The van der Waals surface area contributed by atoms with Gasteiger partial charge in [0, 0.05) is 49.3 Å². The molecule has 4 heterocycles. The highest BCUT2D eigenvalue weighted by Gasteiger charge is 2.18. The predicted octanol–water partition coefficient (Wildman–Crippen LogP) is 10.5. The van der Waals surface area contributed by atoms with E-state index in [1.807, 2.05) is 48.8 Å². The SMILES string of the molecule is c1ccc(-c2ccc(-c3nc(-c4ccccc4)nc(-c4cccc(-c5nc6cnccc6c6c5sc5ccccc56)c4)n3)cc2)cc1. The van der Waals surface area contributed by atoms with Gasteiger partial charge in [0.2, 0.25) is 0 Å². The summed E-state index contributed by atoms with van der Waals surface area (Å²) in [7, 11) is 0. The fraction of sp³-hybridized carbons (Fsp3) is 0. The highest BCUT2D eigenvalue weighted by Crippen LogP contribution is 2.43. The molecule has 0 aliphatic heterocycles. The lowest BCUT2D eigenvalue weighted by Gasteiger charge is -2.11. The topological polar surface area (TPSA) is 64.5 Å². The van der Waals surface area contributed by atoms with Crippen LogP contribution in [0.25, 0.3) is 87.6 Å². The zero-order chi connectivity index (χ0) is 31.2. The van der Waals surface area contributed by atoms with E-state index in [0.717, 1.165) is 49.1 Å². The average Bonchev–Trinajstić information content (AvgIpc) is 3.55. The van der Waals surface area contributed by atoms with Gasteiger partial charge in [-0.1, -0.05) is 121 Å². The Morgan fingerprint density at radius 2 is 1.00 bits per heavy atom. The molecule has 6 heteroatoms. The molecule has 0 saturated carbocycles. The van der Waals surface area contributed by atoms with Crippen molar-refractivity contribution in [1.29, 1.82) is 0 Å². The average molecular weight is 620 g/mol. The van der Waals surface area contributed by atoms with E-state index < -0.39 is 0 Å². The zero-order valence-electron chi connectivity index (χ0n) is 25.1. The van der Waals surface area contributed by atoms with Crippen molar-refractivity contribution < 1.29 is 0 Å². The van der Waals surface area contributed by atoms with E-state index in [4.69, 9.17) is 19.9 Å². The summed E-state index contributed by atoms with van der Waals surface area (Å²) in [6, 6.07) is 47.8. The third-order valence-corrected chi connectivity index (χ3v) is 9.60. The monoisotopic (exact) mass is 619 g/mol. The van der Waals surface area contributed by atoms with Crippen LogP contribution in [0.15, 0.2) is 152 Å². The maximum absolute atomic E-state index is 5.16. The second-order valence-electron chi connectivity index (χ2n) is 11.4. The van der Waals surface area contributed by atoms with Crippen molar-refractivity contribution in [3.63, 3.8) is 0 Å². The minimum Gasteiger partial charge on any atom is -0.262 e. The number of fused-ring (bicyclic) bond motifs is 5. The summed E-state index contributed by atoms with van der Waals surface area (Å²) in [4.78, 5) is 24.5. The third kappa shape index (κ3) is 4.92. The molecule has 5 nitrogen and oxygen atoms in total. The smallest absolute Gasteiger partial charge is 0.164 e. The van der Waals surface area contributed by atoms with Crippen LogP contribution >= 0.6 is 11.3 Å². The normalized spacial score (nSPS) is 11.4. The number of thiophene rings is 1. The quantitative estimate of drug-likeness (QED) is 0.192. The fourth-order valence-electron chi connectivity index (χ4n) is 6.13. The Morgan fingerprint density at radius 1 is 0.426 bits per heavy atom. The molecule has 0 fully saturated rings. The molecule has 0 bridgehead atoms. The number of hydrogen-bond donors (Lipinski definition) is 0. The molecule has 0 unspecified atom stereocenters. The summed E-state index contributed by atoms with van der Waals surface area (Å²) in [5.74, 6) is 1.86. The molecule has 5 aromatic carbocycles. The second kappa shape index (κ2) is 11.4. The largest absolute Gasteiger partial charge is 0.262 e. The van der Waals surface area contributed by atoms with Crippen molar-refractivity contribution >= 4 is 42.4 Å². The Morgan fingerprint density at radius 3 is 1.77 bits per heavy atom. The van der Waals surface area contributed by atoms with E-state index in [9.17, 15) is 0 Å². The number of rotatable bonds is 5. The maximum atomic E-state index is 5.16. The predicted molar refractivity (Wildman–Crippen MR) is 193 cm³/mol. The first-order valence-corrected chi connectivity index (χ1v) is 16.2. The Hall–Kier alpha value is -6.11. The minimum absolute atomic E-state index is 0.609. The molecule has 0 aliphatic rings. The fourth-order valence-corrected chi connectivity index (χ4v) is 7.36. The van der Waals surface area contributed by atoms with Gasteiger partial charge in [-0.25, -0.2) is 19.9 Å². The summed E-state index contributed by atoms with van der Waals surface area (Å²) in [6.45, 7) is 0. The molecule has 0 amide bonds. The number of pyridine rings is 2. The van der Waals surface area contributed by atoms with Gasteiger partial charge in [-0.15, -0.1) is 11.3 Å². The molecule has 4 aromatic heterocycles. The third-order valence-electron chi connectivity index (χ3n) is 8.42. The second-order valence-corrected chi connectivity index (χ2v) is 12.4. The van der Waals surface area contributed by atoms with Crippen LogP contribution in [0.5, 0.6) is 0 Å². The molecule has 0 spiro atoms. The highest BCUT2D eigenvalue weighted by molar-refractivity contribution is 7.26. The summed E-state index contributed by atoms with van der Waals surface area (Å²) < 4.78 is 2.39. The molecule has 9 rings (SSSR count). The minimum atomic E-state index is 0.609. The lowest BCUT2D eigenvalue weighted by Crippen LogP contribution is -2.00. The molecular formula is C41H25N5S. The molecule has 9 aromatic rings. The van der Waals surface area contributed by atoms with Gasteiger partial charge in [-0.2, -0.15) is 0 Å². The van der Waals surface area contributed by atoms with E-state index in [2.05, 4.69) is 108 Å². The number of nitrogens with zero attached hydrogens (tertiary/aromatic N) is 5. The van der Waals surface area contributed by atoms with Gasteiger partial charge < -0.3 is 0 Å². The van der Waals surface area contributed by atoms with Gasteiger partial charge in [0.15, 0.2) is 17.5 Å². The van der Waals surface area contributed by atoms with Gasteiger partial charge in [-0.05, 0) is 29.3 Å². The molecule has 0 atom stereocenters. The number of benzene rings is 5. The van der Waals surface area contributed by atoms with E-state index in [1.165, 1.54) is 21.0 Å². The van der Waals surface area contributed by atoms with Crippen molar-refractivity contribution in [3.8, 4) is 56.5 Å². The molecule has 47 heavy (non-hydrogen) atoms. The lowest BCUT2D eigenvalue weighted by atomic mass is 10.0. The van der Waals surface area contributed by atoms with E-state index >= 15 is 0 Å². The zero-order valence-corrected chi connectivity index (χ0v) is 25.9.